The summed E-state index contributed by atoms with van der Waals surface area (Å²) in [7, 11) is 3.28. The van der Waals surface area contributed by atoms with Crippen LogP contribution < -0.4 is 19.5 Å². The minimum absolute atomic E-state index is 0.167. The van der Waals surface area contributed by atoms with Crippen LogP contribution in [-0.2, 0) is 0 Å². The number of methoxy groups -OCH3 is 2. The number of hydrogen-bond donors (Lipinski definition) is 1. The molecule has 1 aromatic carbocycles. The molecule has 0 radical (unpaired) electrons. The zero-order valence-electron chi connectivity index (χ0n) is 13.2. The van der Waals surface area contributed by atoms with E-state index in [-0.39, 0.29) is 6.10 Å². The topological polar surface area (TPSA) is 39.7 Å². The highest BCUT2D eigenvalue weighted by Crippen LogP contribution is 2.28. The average molecular weight is 281 g/mol. The quantitative estimate of drug-likeness (QED) is 0.705. The molecule has 1 N–H and O–H groups in total. The summed E-state index contributed by atoms with van der Waals surface area (Å²) in [5.41, 5.74) is 0. The van der Waals surface area contributed by atoms with Gasteiger partial charge in [0.2, 0.25) is 0 Å². The minimum Gasteiger partial charge on any atom is -0.496 e. The number of rotatable bonds is 9. The van der Waals surface area contributed by atoms with Crippen LogP contribution in [0.3, 0.4) is 0 Å². The molecular weight excluding hydrogens is 254 g/mol. The average Bonchev–Trinajstić information content (AvgIpc) is 2.42. The first-order valence-electron chi connectivity index (χ1n) is 7.18. The monoisotopic (exact) mass is 281 g/mol. The SMILES string of the molecule is COc1cc(OC)cc(OC(C)CCCNC(C)C)c1. The first kappa shape index (κ1) is 16.6. The van der Waals surface area contributed by atoms with Crippen LogP contribution in [0.1, 0.15) is 33.6 Å². The van der Waals surface area contributed by atoms with Gasteiger partial charge in [-0.1, -0.05) is 13.8 Å². The maximum atomic E-state index is 5.92. The Balaban J connectivity index is 2.46. The summed E-state index contributed by atoms with van der Waals surface area (Å²) in [6.07, 6.45) is 2.28. The molecule has 0 heterocycles. The normalized spacial score (nSPS) is 12.3. The standard InChI is InChI=1S/C16H27NO3/c1-12(2)17-8-6-7-13(3)20-16-10-14(18-4)9-15(11-16)19-5/h9-13,17H,6-8H2,1-5H3. The number of nitrogens with one attached hydrogen (secondary N) is 1. The number of hydrogen-bond acceptors (Lipinski definition) is 4. The third-order valence-corrected chi connectivity index (χ3v) is 3.00. The molecule has 1 unspecified atom stereocenters. The van der Waals surface area contributed by atoms with Gasteiger partial charge in [-0.2, -0.15) is 0 Å². The summed E-state index contributed by atoms with van der Waals surface area (Å²) in [4.78, 5) is 0. The van der Waals surface area contributed by atoms with E-state index >= 15 is 0 Å². The van der Waals surface area contributed by atoms with Gasteiger partial charge in [0.15, 0.2) is 0 Å². The predicted octanol–water partition coefficient (Wildman–Crippen LogP) is 3.25. The van der Waals surface area contributed by atoms with Gasteiger partial charge in [-0.15, -0.1) is 0 Å². The van der Waals surface area contributed by atoms with Gasteiger partial charge in [0, 0.05) is 24.2 Å². The number of benzene rings is 1. The van der Waals surface area contributed by atoms with Gasteiger partial charge in [0.1, 0.15) is 17.2 Å². The number of ether oxygens (including phenoxy) is 3. The Morgan fingerprint density at radius 2 is 1.50 bits per heavy atom. The van der Waals surface area contributed by atoms with Crippen molar-refractivity contribution in [3.8, 4) is 17.2 Å². The van der Waals surface area contributed by atoms with Crippen LogP contribution in [0.15, 0.2) is 18.2 Å². The Morgan fingerprint density at radius 1 is 0.950 bits per heavy atom. The molecule has 0 saturated carbocycles. The zero-order chi connectivity index (χ0) is 15.0. The van der Waals surface area contributed by atoms with Gasteiger partial charge in [-0.3, -0.25) is 0 Å². The van der Waals surface area contributed by atoms with E-state index in [0.29, 0.717) is 6.04 Å². The van der Waals surface area contributed by atoms with Crippen molar-refractivity contribution >= 4 is 0 Å². The summed E-state index contributed by atoms with van der Waals surface area (Å²) in [6.45, 7) is 7.42. The highest BCUT2D eigenvalue weighted by atomic mass is 16.5. The molecule has 114 valence electrons. The molecule has 1 atom stereocenters. The molecule has 0 aliphatic carbocycles. The summed E-state index contributed by atoms with van der Waals surface area (Å²) in [5, 5.41) is 3.41. The Kier molecular flexibility index (Phi) is 7.23. The Hall–Kier alpha value is -1.42. The van der Waals surface area contributed by atoms with E-state index in [0.717, 1.165) is 36.6 Å². The van der Waals surface area contributed by atoms with E-state index in [1.807, 2.05) is 18.2 Å². The molecule has 1 rings (SSSR count). The van der Waals surface area contributed by atoms with Crippen LogP contribution >= 0.6 is 0 Å². The van der Waals surface area contributed by atoms with Crippen molar-refractivity contribution in [2.45, 2.75) is 45.8 Å². The summed E-state index contributed by atoms with van der Waals surface area (Å²) < 4.78 is 16.4. The fourth-order valence-electron chi connectivity index (χ4n) is 1.92. The first-order chi connectivity index (χ1) is 9.55. The molecule has 0 amide bonds. The van der Waals surface area contributed by atoms with Gasteiger partial charge in [0.25, 0.3) is 0 Å². The van der Waals surface area contributed by atoms with Crippen molar-refractivity contribution in [2.75, 3.05) is 20.8 Å². The maximum Gasteiger partial charge on any atom is 0.127 e. The predicted molar refractivity (Wildman–Crippen MR) is 82.0 cm³/mol. The van der Waals surface area contributed by atoms with Crippen molar-refractivity contribution in [3.05, 3.63) is 18.2 Å². The van der Waals surface area contributed by atoms with Gasteiger partial charge >= 0.3 is 0 Å². The summed E-state index contributed by atoms with van der Waals surface area (Å²) in [5.74, 6) is 2.27. The molecule has 20 heavy (non-hydrogen) atoms. The lowest BCUT2D eigenvalue weighted by Crippen LogP contribution is -2.25. The summed E-state index contributed by atoms with van der Waals surface area (Å²) >= 11 is 0. The van der Waals surface area contributed by atoms with Crippen LogP contribution in [0.4, 0.5) is 0 Å². The fourth-order valence-corrected chi connectivity index (χ4v) is 1.92. The molecule has 0 spiro atoms. The van der Waals surface area contributed by atoms with Gasteiger partial charge in [-0.25, -0.2) is 0 Å². The van der Waals surface area contributed by atoms with Crippen molar-refractivity contribution < 1.29 is 14.2 Å². The van der Waals surface area contributed by atoms with Crippen LogP contribution in [0.5, 0.6) is 17.2 Å². The van der Waals surface area contributed by atoms with Gasteiger partial charge in [-0.05, 0) is 26.3 Å². The Bertz CT molecular complexity index is 371. The smallest absolute Gasteiger partial charge is 0.127 e. The lowest BCUT2D eigenvalue weighted by Gasteiger charge is -2.16. The molecule has 0 aromatic heterocycles. The Labute approximate surface area is 122 Å². The van der Waals surface area contributed by atoms with E-state index < -0.39 is 0 Å². The molecule has 0 aliphatic heterocycles. The highest BCUT2D eigenvalue weighted by Gasteiger charge is 2.07. The van der Waals surface area contributed by atoms with Gasteiger partial charge in [0.05, 0.1) is 20.3 Å². The van der Waals surface area contributed by atoms with Crippen LogP contribution in [0, 0.1) is 0 Å². The van der Waals surface area contributed by atoms with E-state index in [4.69, 9.17) is 14.2 Å². The lowest BCUT2D eigenvalue weighted by molar-refractivity contribution is 0.205. The van der Waals surface area contributed by atoms with Crippen molar-refractivity contribution in [3.63, 3.8) is 0 Å². The van der Waals surface area contributed by atoms with Crippen molar-refractivity contribution in [1.29, 1.82) is 0 Å². The molecule has 0 saturated heterocycles. The second-order valence-electron chi connectivity index (χ2n) is 5.23. The molecule has 0 aliphatic rings. The maximum absolute atomic E-state index is 5.92. The molecular formula is C16H27NO3. The van der Waals surface area contributed by atoms with E-state index in [9.17, 15) is 0 Å². The fraction of sp³-hybridized carbons (Fsp3) is 0.625. The van der Waals surface area contributed by atoms with Crippen molar-refractivity contribution in [2.24, 2.45) is 0 Å². The second kappa shape index (κ2) is 8.69. The molecule has 0 bridgehead atoms. The van der Waals surface area contributed by atoms with Crippen molar-refractivity contribution in [1.82, 2.24) is 5.32 Å². The molecule has 4 nitrogen and oxygen atoms in total. The lowest BCUT2D eigenvalue weighted by atomic mass is 10.2. The minimum atomic E-state index is 0.167. The van der Waals surface area contributed by atoms with Crippen LogP contribution in [0.2, 0.25) is 0 Å². The van der Waals surface area contributed by atoms with Gasteiger partial charge < -0.3 is 19.5 Å². The van der Waals surface area contributed by atoms with E-state index in [1.165, 1.54) is 0 Å². The Morgan fingerprint density at radius 3 is 2.00 bits per heavy atom. The largest absolute Gasteiger partial charge is 0.496 e. The highest BCUT2D eigenvalue weighted by molar-refractivity contribution is 5.42. The van der Waals surface area contributed by atoms with E-state index in [2.05, 4.69) is 26.1 Å². The van der Waals surface area contributed by atoms with Crippen LogP contribution in [0.25, 0.3) is 0 Å². The van der Waals surface area contributed by atoms with Crippen LogP contribution in [-0.4, -0.2) is 32.9 Å². The van der Waals surface area contributed by atoms with E-state index in [1.54, 1.807) is 14.2 Å². The third kappa shape index (κ3) is 6.15. The summed E-state index contributed by atoms with van der Waals surface area (Å²) in [6, 6.07) is 6.13. The zero-order valence-corrected chi connectivity index (χ0v) is 13.2. The second-order valence-corrected chi connectivity index (χ2v) is 5.23. The molecule has 0 fully saturated rings. The molecule has 1 aromatic rings. The third-order valence-electron chi connectivity index (χ3n) is 3.00. The molecule has 4 heteroatoms. The first-order valence-corrected chi connectivity index (χ1v) is 7.18.